The van der Waals surface area contributed by atoms with E-state index in [2.05, 4.69) is 59.2 Å². The van der Waals surface area contributed by atoms with E-state index in [1.54, 1.807) is 4.90 Å². The highest BCUT2D eigenvalue weighted by molar-refractivity contribution is 5.90. The molecular weight excluding hydrogens is 434 g/mol. The zero-order valence-corrected chi connectivity index (χ0v) is 19.8. The third kappa shape index (κ3) is 4.09. The molecule has 2 atom stereocenters. The van der Waals surface area contributed by atoms with Crippen molar-refractivity contribution in [3.05, 3.63) is 101 Å². The second-order valence-electron chi connectivity index (χ2n) is 10.1. The monoisotopic (exact) mass is 465 g/mol. The number of rotatable bonds is 4. The van der Waals surface area contributed by atoms with Gasteiger partial charge in [0.1, 0.15) is 0 Å². The maximum absolute atomic E-state index is 13.2. The van der Waals surface area contributed by atoms with Gasteiger partial charge in [-0.15, -0.1) is 0 Å². The van der Waals surface area contributed by atoms with E-state index in [1.807, 2.05) is 30.3 Å². The quantitative estimate of drug-likeness (QED) is 0.546. The number of benzene rings is 3. The van der Waals surface area contributed by atoms with Gasteiger partial charge in [-0.05, 0) is 59.6 Å². The number of para-hydroxylation sites is 1. The molecule has 1 aliphatic heterocycles. The minimum atomic E-state index is -0.161. The Hall–Kier alpha value is -3.60. The highest BCUT2D eigenvalue weighted by Gasteiger charge is 2.43. The van der Waals surface area contributed by atoms with Crippen molar-refractivity contribution in [2.24, 2.45) is 11.8 Å². The number of piperidine rings is 1. The van der Waals surface area contributed by atoms with Crippen LogP contribution in [0.3, 0.4) is 0 Å². The number of hydrogen-bond donors (Lipinski definition) is 2. The maximum atomic E-state index is 13.2. The lowest BCUT2D eigenvalue weighted by molar-refractivity contribution is -0.126. The fraction of sp³-hybridized carbons (Fsp3) is 0.333. The van der Waals surface area contributed by atoms with Crippen LogP contribution in [0.2, 0.25) is 0 Å². The van der Waals surface area contributed by atoms with E-state index in [0.29, 0.717) is 37.4 Å². The van der Waals surface area contributed by atoms with E-state index >= 15 is 0 Å². The van der Waals surface area contributed by atoms with Gasteiger partial charge in [0.15, 0.2) is 0 Å². The number of amides is 3. The predicted molar refractivity (Wildman–Crippen MR) is 137 cm³/mol. The van der Waals surface area contributed by atoms with Crippen molar-refractivity contribution >= 4 is 17.6 Å². The van der Waals surface area contributed by atoms with Crippen molar-refractivity contribution in [1.29, 1.82) is 0 Å². The topological polar surface area (TPSA) is 61.4 Å². The smallest absolute Gasteiger partial charge is 0.321 e. The molecule has 2 unspecified atom stereocenters. The lowest BCUT2D eigenvalue weighted by Gasteiger charge is -2.45. The van der Waals surface area contributed by atoms with Crippen LogP contribution in [0.15, 0.2) is 78.9 Å². The van der Waals surface area contributed by atoms with Crippen LogP contribution in [0.25, 0.3) is 0 Å². The average molecular weight is 466 g/mol. The molecule has 7 rings (SSSR count). The number of nitrogens with zero attached hydrogens (tertiary/aromatic N) is 1. The zero-order valence-electron chi connectivity index (χ0n) is 19.8. The van der Waals surface area contributed by atoms with Gasteiger partial charge in [-0.3, -0.25) is 4.79 Å². The molecule has 0 spiro atoms. The summed E-state index contributed by atoms with van der Waals surface area (Å²) in [5.41, 5.74) is 6.51. The molecule has 0 aromatic heterocycles. The molecule has 1 fully saturated rings. The van der Waals surface area contributed by atoms with Crippen LogP contribution in [0, 0.1) is 11.8 Å². The first-order chi connectivity index (χ1) is 17.2. The normalized spacial score (nSPS) is 24.3. The standard InChI is InChI=1S/C30H31N3O2/c34-29(20-9-8-16-33(19-20)30(35)32-22-10-2-1-3-11-22)31-18-21-17-27-23-12-4-6-14-25(23)28(21)26-15-7-5-13-24(26)27/h1-7,10-15,20-21,27-28H,8-9,16-19H2,(H,31,34)(H,32,35). The molecule has 1 saturated heterocycles. The number of likely N-dealkylation sites (tertiary alicyclic amines) is 1. The summed E-state index contributed by atoms with van der Waals surface area (Å²) in [5.74, 6) is 1.03. The molecule has 5 heteroatoms. The highest BCUT2D eigenvalue weighted by atomic mass is 16.2. The van der Waals surface area contributed by atoms with Gasteiger partial charge in [-0.2, -0.15) is 0 Å². The van der Waals surface area contributed by atoms with E-state index in [1.165, 1.54) is 22.3 Å². The van der Waals surface area contributed by atoms with Crippen LogP contribution >= 0.6 is 0 Å². The van der Waals surface area contributed by atoms with Crippen LogP contribution in [0.4, 0.5) is 10.5 Å². The van der Waals surface area contributed by atoms with Gasteiger partial charge in [-0.25, -0.2) is 4.79 Å². The number of urea groups is 1. The van der Waals surface area contributed by atoms with Crippen molar-refractivity contribution in [1.82, 2.24) is 10.2 Å². The molecule has 3 aromatic rings. The molecule has 178 valence electrons. The van der Waals surface area contributed by atoms with E-state index in [-0.39, 0.29) is 17.9 Å². The number of hydrogen-bond acceptors (Lipinski definition) is 2. The number of fused-ring (bicyclic) bond motifs is 1. The SMILES string of the molecule is O=C(NCC1CC2c3ccccc3C1c1ccccc12)C1CCCN(C(=O)Nc2ccccc2)C1. The lowest BCUT2D eigenvalue weighted by atomic mass is 9.59. The Morgan fingerprint density at radius 3 is 2.14 bits per heavy atom. The Bertz CT molecular complexity index is 1190. The van der Waals surface area contributed by atoms with E-state index in [0.717, 1.165) is 24.9 Å². The van der Waals surface area contributed by atoms with Crippen molar-refractivity contribution in [2.75, 3.05) is 25.0 Å². The van der Waals surface area contributed by atoms with Crippen LogP contribution in [0.1, 0.15) is 53.4 Å². The van der Waals surface area contributed by atoms with Gasteiger partial charge in [0.25, 0.3) is 0 Å². The molecule has 1 heterocycles. The minimum absolute atomic E-state index is 0.0743. The summed E-state index contributed by atoms with van der Waals surface area (Å²) in [6.45, 7) is 1.82. The summed E-state index contributed by atoms with van der Waals surface area (Å²) in [6.07, 6.45) is 2.73. The maximum Gasteiger partial charge on any atom is 0.321 e. The second kappa shape index (κ2) is 9.21. The summed E-state index contributed by atoms with van der Waals surface area (Å²) in [6, 6.07) is 27.0. The number of anilines is 1. The van der Waals surface area contributed by atoms with Gasteiger partial charge in [-0.1, -0.05) is 66.7 Å². The summed E-state index contributed by atoms with van der Waals surface area (Å²) < 4.78 is 0. The molecule has 3 aromatic carbocycles. The second-order valence-corrected chi connectivity index (χ2v) is 10.1. The van der Waals surface area contributed by atoms with Crippen LogP contribution < -0.4 is 10.6 Å². The number of carbonyl (C=O) groups excluding carboxylic acids is 2. The van der Waals surface area contributed by atoms with Crippen molar-refractivity contribution in [3.8, 4) is 0 Å². The Balaban J connectivity index is 1.11. The molecule has 0 saturated carbocycles. The third-order valence-corrected chi connectivity index (χ3v) is 8.07. The first-order valence-corrected chi connectivity index (χ1v) is 12.8. The molecule has 5 nitrogen and oxygen atoms in total. The summed E-state index contributed by atoms with van der Waals surface area (Å²) >= 11 is 0. The van der Waals surface area contributed by atoms with Gasteiger partial charge < -0.3 is 15.5 Å². The van der Waals surface area contributed by atoms with Crippen LogP contribution in [-0.2, 0) is 4.79 Å². The predicted octanol–water partition coefficient (Wildman–Crippen LogP) is 5.34. The molecule has 2 bridgehead atoms. The Labute approximate surface area is 206 Å². The fourth-order valence-corrected chi connectivity index (χ4v) is 6.44. The number of carbonyl (C=O) groups is 2. The largest absolute Gasteiger partial charge is 0.355 e. The minimum Gasteiger partial charge on any atom is -0.355 e. The fourth-order valence-electron chi connectivity index (χ4n) is 6.44. The first kappa shape index (κ1) is 21.9. The van der Waals surface area contributed by atoms with Gasteiger partial charge >= 0.3 is 6.03 Å². The van der Waals surface area contributed by atoms with E-state index < -0.39 is 0 Å². The summed E-state index contributed by atoms with van der Waals surface area (Å²) in [4.78, 5) is 27.7. The average Bonchev–Trinajstić information content (AvgIpc) is 2.92. The Kier molecular flexibility index (Phi) is 5.77. The van der Waals surface area contributed by atoms with Gasteiger partial charge in [0, 0.05) is 37.2 Å². The summed E-state index contributed by atoms with van der Waals surface area (Å²) in [5, 5.41) is 6.23. The van der Waals surface area contributed by atoms with E-state index in [9.17, 15) is 9.59 Å². The molecule has 4 aliphatic rings. The number of nitrogens with one attached hydrogen (secondary N) is 2. The van der Waals surface area contributed by atoms with Crippen molar-refractivity contribution < 1.29 is 9.59 Å². The lowest BCUT2D eigenvalue weighted by Crippen LogP contribution is -2.48. The molecule has 35 heavy (non-hydrogen) atoms. The molecule has 3 amide bonds. The molecular formula is C30H31N3O2. The van der Waals surface area contributed by atoms with Crippen molar-refractivity contribution in [2.45, 2.75) is 31.1 Å². The first-order valence-electron chi connectivity index (χ1n) is 12.8. The molecule has 3 aliphatic carbocycles. The van der Waals surface area contributed by atoms with Gasteiger partial charge in [0.2, 0.25) is 5.91 Å². The third-order valence-electron chi connectivity index (χ3n) is 8.07. The van der Waals surface area contributed by atoms with Crippen LogP contribution in [-0.4, -0.2) is 36.5 Å². The van der Waals surface area contributed by atoms with E-state index in [4.69, 9.17) is 0 Å². The van der Waals surface area contributed by atoms with Crippen molar-refractivity contribution in [3.63, 3.8) is 0 Å². The zero-order chi connectivity index (χ0) is 23.8. The van der Waals surface area contributed by atoms with Crippen LogP contribution in [0.5, 0.6) is 0 Å². The molecule has 2 N–H and O–H groups in total. The van der Waals surface area contributed by atoms with Gasteiger partial charge in [0.05, 0.1) is 5.92 Å². The Morgan fingerprint density at radius 1 is 0.829 bits per heavy atom. The molecule has 0 radical (unpaired) electrons. The summed E-state index contributed by atoms with van der Waals surface area (Å²) in [7, 11) is 0. The highest BCUT2D eigenvalue weighted by Crippen LogP contribution is 2.55. The Morgan fingerprint density at radius 2 is 1.46 bits per heavy atom.